The van der Waals surface area contributed by atoms with Crippen molar-refractivity contribution in [2.75, 3.05) is 20.1 Å². The van der Waals surface area contributed by atoms with Gasteiger partial charge in [-0.05, 0) is 61.7 Å². The van der Waals surface area contributed by atoms with Gasteiger partial charge < -0.3 is 10.6 Å². The molecule has 1 aliphatic rings. The molecular formula is C18H24N2. The van der Waals surface area contributed by atoms with Crippen LogP contribution in [0.2, 0.25) is 0 Å². The summed E-state index contributed by atoms with van der Waals surface area (Å²) in [7, 11) is 2.09. The third kappa shape index (κ3) is 2.87. The summed E-state index contributed by atoms with van der Waals surface area (Å²) in [4.78, 5) is 0. The number of piperidine rings is 1. The Morgan fingerprint density at radius 3 is 2.65 bits per heavy atom. The van der Waals surface area contributed by atoms with Crippen LogP contribution in [0.25, 0.3) is 10.8 Å². The van der Waals surface area contributed by atoms with Gasteiger partial charge in [-0.2, -0.15) is 0 Å². The summed E-state index contributed by atoms with van der Waals surface area (Å²) in [5, 5.41) is 9.73. The molecule has 0 spiro atoms. The molecule has 1 unspecified atom stereocenters. The first-order valence-electron chi connectivity index (χ1n) is 7.74. The topological polar surface area (TPSA) is 24.1 Å². The monoisotopic (exact) mass is 268 g/mol. The van der Waals surface area contributed by atoms with Gasteiger partial charge in [-0.15, -0.1) is 0 Å². The average molecular weight is 268 g/mol. The maximum atomic E-state index is 3.54. The smallest absolute Gasteiger partial charge is 0.0326 e. The Morgan fingerprint density at radius 2 is 1.85 bits per heavy atom. The summed E-state index contributed by atoms with van der Waals surface area (Å²) < 4.78 is 0. The van der Waals surface area contributed by atoms with Crippen LogP contribution in [-0.4, -0.2) is 20.1 Å². The highest BCUT2D eigenvalue weighted by Gasteiger charge is 2.20. The van der Waals surface area contributed by atoms with Gasteiger partial charge in [-0.1, -0.05) is 42.5 Å². The van der Waals surface area contributed by atoms with Crippen LogP contribution in [0.1, 0.15) is 30.9 Å². The van der Waals surface area contributed by atoms with Crippen molar-refractivity contribution < 1.29 is 0 Å². The molecule has 20 heavy (non-hydrogen) atoms. The summed E-state index contributed by atoms with van der Waals surface area (Å²) in [5.41, 5.74) is 1.45. The van der Waals surface area contributed by atoms with Crippen LogP contribution in [-0.2, 0) is 0 Å². The summed E-state index contributed by atoms with van der Waals surface area (Å²) in [6.07, 6.45) is 3.86. The van der Waals surface area contributed by atoms with E-state index in [2.05, 4.69) is 60.1 Å². The van der Waals surface area contributed by atoms with Gasteiger partial charge in [0.2, 0.25) is 0 Å². The molecule has 0 saturated carbocycles. The van der Waals surface area contributed by atoms with E-state index in [1.807, 2.05) is 0 Å². The van der Waals surface area contributed by atoms with Gasteiger partial charge in [0.1, 0.15) is 0 Å². The Labute approximate surface area is 121 Å². The predicted octanol–water partition coefficient (Wildman–Crippen LogP) is 3.49. The second-order valence-electron chi connectivity index (χ2n) is 5.84. The Morgan fingerprint density at radius 1 is 1.10 bits per heavy atom. The van der Waals surface area contributed by atoms with Crippen LogP contribution in [0.15, 0.2) is 42.5 Å². The summed E-state index contributed by atoms with van der Waals surface area (Å²) >= 11 is 0. The van der Waals surface area contributed by atoms with Gasteiger partial charge in [-0.3, -0.25) is 0 Å². The van der Waals surface area contributed by atoms with E-state index in [-0.39, 0.29) is 0 Å². The molecule has 3 rings (SSSR count). The predicted molar refractivity (Wildman–Crippen MR) is 86.0 cm³/mol. The number of nitrogens with one attached hydrogen (secondary N) is 2. The van der Waals surface area contributed by atoms with Gasteiger partial charge in [0.15, 0.2) is 0 Å². The molecular weight excluding hydrogens is 244 g/mol. The van der Waals surface area contributed by atoms with Gasteiger partial charge in [-0.25, -0.2) is 0 Å². The highest BCUT2D eigenvalue weighted by atomic mass is 14.9. The van der Waals surface area contributed by atoms with E-state index in [1.54, 1.807) is 0 Å². The largest absolute Gasteiger partial charge is 0.317 e. The molecule has 2 N–H and O–H groups in total. The zero-order chi connectivity index (χ0) is 13.8. The average Bonchev–Trinajstić information content (AvgIpc) is 2.53. The minimum atomic E-state index is 0.462. The van der Waals surface area contributed by atoms with E-state index < -0.39 is 0 Å². The summed E-state index contributed by atoms with van der Waals surface area (Å²) in [6, 6.07) is 15.8. The molecule has 2 aromatic carbocycles. The minimum absolute atomic E-state index is 0.462. The van der Waals surface area contributed by atoms with Crippen molar-refractivity contribution in [3.05, 3.63) is 48.0 Å². The minimum Gasteiger partial charge on any atom is -0.317 e. The standard InChI is InChI=1S/C18H24N2/c1-19-18(13-14-9-11-20-12-10-14)17-8-4-6-15-5-2-3-7-16(15)17/h2-8,14,18-20H,9-13H2,1H3. The van der Waals surface area contributed by atoms with Crippen molar-refractivity contribution >= 4 is 10.8 Å². The zero-order valence-electron chi connectivity index (χ0n) is 12.2. The Bertz CT molecular complexity index is 553. The van der Waals surface area contributed by atoms with E-state index >= 15 is 0 Å². The molecule has 106 valence electrons. The van der Waals surface area contributed by atoms with E-state index in [9.17, 15) is 0 Å². The summed E-state index contributed by atoms with van der Waals surface area (Å²) in [5.74, 6) is 0.840. The lowest BCUT2D eigenvalue weighted by Gasteiger charge is -2.27. The Kier molecular flexibility index (Phi) is 4.34. The van der Waals surface area contributed by atoms with Crippen LogP contribution < -0.4 is 10.6 Å². The van der Waals surface area contributed by atoms with E-state index in [1.165, 1.54) is 48.7 Å². The van der Waals surface area contributed by atoms with Gasteiger partial charge >= 0.3 is 0 Å². The lowest BCUT2D eigenvalue weighted by atomic mass is 9.87. The molecule has 1 heterocycles. The van der Waals surface area contributed by atoms with E-state index in [0.717, 1.165) is 5.92 Å². The van der Waals surface area contributed by atoms with Crippen molar-refractivity contribution in [1.82, 2.24) is 10.6 Å². The molecule has 1 fully saturated rings. The number of hydrogen-bond donors (Lipinski definition) is 2. The van der Waals surface area contributed by atoms with Gasteiger partial charge in [0, 0.05) is 6.04 Å². The molecule has 2 nitrogen and oxygen atoms in total. The third-order valence-electron chi connectivity index (χ3n) is 4.57. The van der Waals surface area contributed by atoms with Crippen LogP contribution in [0.5, 0.6) is 0 Å². The lowest BCUT2D eigenvalue weighted by Crippen LogP contribution is -2.30. The summed E-state index contributed by atoms with van der Waals surface area (Å²) in [6.45, 7) is 2.35. The molecule has 1 aliphatic heterocycles. The van der Waals surface area contributed by atoms with E-state index in [0.29, 0.717) is 6.04 Å². The van der Waals surface area contributed by atoms with Crippen LogP contribution in [0, 0.1) is 5.92 Å². The second-order valence-corrected chi connectivity index (χ2v) is 5.84. The number of hydrogen-bond acceptors (Lipinski definition) is 2. The molecule has 0 bridgehead atoms. The first-order valence-corrected chi connectivity index (χ1v) is 7.74. The zero-order valence-corrected chi connectivity index (χ0v) is 12.2. The van der Waals surface area contributed by atoms with Crippen molar-refractivity contribution in [3.63, 3.8) is 0 Å². The highest BCUT2D eigenvalue weighted by Crippen LogP contribution is 2.30. The maximum absolute atomic E-state index is 3.54. The first kappa shape index (κ1) is 13.6. The number of fused-ring (bicyclic) bond motifs is 1. The number of rotatable bonds is 4. The van der Waals surface area contributed by atoms with Crippen LogP contribution in [0.3, 0.4) is 0 Å². The second kappa shape index (κ2) is 6.38. The lowest BCUT2D eigenvalue weighted by molar-refractivity contribution is 0.319. The van der Waals surface area contributed by atoms with Crippen molar-refractivity contribution in [2.24, 2.45) is 5.92 Å². The van der Waals surface area contributed by atoms with Crippen LogP contribution in [0.4, 0.5) is 0 Å². The molecule has 0 radical (unpaired) electrons. The fourth-order valence-electron chi connectivity index (χ4n) is 3.41. The maximum Gasteiger partial charge on any atom is 0.0326 e. The molecule has 1 saturated heterocycles. The normalized spacial score (nSPS) is 18.2. The molecule has 0 aliphatic carbocycles. The number of benzene rings is 2. The fourth-order valence-corrected chi connectivity index (χ4v) is 3.41. The van der Waals surface area contributed by atoms with Gasteiger partial charge in [0.05, 0.1) is 0 Å². The molecule has 0 aromatic heterocycles. The molecule has 1 atom stereocenters. The van der Waals surface area contributed by atoms with Crippen molar-refractivity contribution in [3.8, 4) is 0 Å². The Balaban J connectivity index is 1.86. The fraction of sp³-hybridized carbons (Fsp3) is 0.444. The quantitative estimate of drug-likeness (QED) is 0.887. The Hall–Kier alpha value is -1.38. The SMILES string of the molecule is CNC(CC1CCNCC1)c1cccc2ccccc12. The van der Waals surface area contributed by atoms with Gasteiger partial charge in [0.25, 0.3) is 0 Å². The molecule has 0 amide bonds. The first-order chi connectivity index (χ1) is 9.88. The highest BCUT2D eigenvalue weighted by molar-refractivity contribution is 5.86. The van der Waals surface area contributed by atoms with E-state index in [4.69, 9.17) is 0 Å². The molecule has 2 aromatic rings. The third-order valence-corrected chi connectivity index (χ3v) is 4.57. The van der Waals surface area contributed by atoms with Crippen molar-refractivity contribution in [2.45, 2.75) is 25.3 Å². The molecule has 2 heteroatoms. The van der Waals surface area contributed by atoms with Crippen LogP contribution >= 0.6 is 0 Å². The van der Waals surface area contributed by atoms with Crippen molar-refractivity contribution in [1.29, 1.82) is 0 Å².